The number of ketones is 1. The smallest absolute Gasteiger partial charge is 0.418 e. The van der Waals surface area contributed by atoms with E-state index in [-0.39, 0.29) is 30.7 Å². The van der Waals surface area contributed by atoms with Crippen LogP contribution in [0.4, 0.5) is 13.2 Å². The molecule has 1 saturated heterocycles. The summed E-state index contributed by atoms with van der Waals surface area (Å²) >= 11 is 0. The topological polar surface area (TPSA) is 54.5 Å². The highest BCUT2D eigenvalue weighted by molar-refractivity contribution is 5.83. The van der Waals surface area contributed by atoms with E-state index in [1.807, 2.05) is 6.08 Å². The molecular formula is C22H26F3N3O2. The largest absolute Gasteiger partial charge is 0.495 e. The number of rotatable bonds is 4. The van der Waals surface area contributed by atoms with E-state index in [1.54, 1.807) is 13.2 Å². The van der Waals surface area contributed by atoms with Crippen molar-refractivity contribution in [3.63, 3.8) is 0 Å². The number of allylic oxidation sites excluding steroid dienone is 3. The average Bonchev–Trinajstić information content (AvgIpc) is 2.77. The van der Waals surface area contributed by atoms with E-state index in [4.69, 9.17) is 4.74 Å². The van der Waals surface area contributed by atoms with Crippen LogP contribution >= 0.6 is 0 Å². The third kappa shape index (κ3) is 5.30. The highest BCUT2D eigenvalue weighted by atomic mass is 19.4. The second kappa shape index (κ2) is 9.47. The number of nitrogens with zero attached hydrogens (tertiary/aromatic N) is 2. The summed E-state index contributed by atoms with van der Waals surface area (Å²) in [6, 6.07) is 2.26. The molecular weight excluding hydrogens is 395 g/mol. The second-order valence-corrected chi connectivity index (χ2v) is 7.47. The van der Waals surface area contributed by atoms with E-state index in [1.165, 1.54) is 12.3 Å². The van der Waals surface area contributed by atoms with Crippen molar-refractivity contribution in [1.29, 1.82) is 0 Å². The van der Waals surface area contributed by atoms with Gasteiger partial charge in [-0.05, 0) is 30.7 Å². The molecule has 1 aliphatic heterocycles. The molecule has 1 N–H and O–H groups in total. The van der Waals surface area contributed by atoms with Crippen molar-refractivity contribution in [2.24, 2.45) is 5.92 Å². The van der Waals surface area contributed by atoms with E-state index in [2.05, 4.69) is 21.8 Å². The van der Waals surface area contributed by atoms with Crippen molar-refractivity contribution in [2.75, 3.05) is 33.3 Å². The lowest BCUT2D eigenvalue weighted by atomic mass is 9.88. The monoisotopic (exact) mass is 421 g/mol. The minimum atomic E-state index is -4.51. The molecule has 2 heterocycles. The predicted octanol–water partition coefficient (Wildman–Crippen LogP) is 3.50. The molecule has 2 aliphatic rings. The number of carbonyl (C=O) groups is 1. The van der Waals surface area contributed by atoms with Crippen molar-refractivity contribution >= 4 is 5.78 Å². The van der Waals surface area contributed by atoms with Gasteiger partial charge in [0.1, 0.15) is 11.5 Å². The lowest BCUT2D eigenvalue weighted by molar-refractivity contribution is -0.138. The van der Waals surface area contributed by atoms with E-state index >= 15 is 0 Å². The molecule has 0 saturated carbocycles. The number of Topliss-reactive ketones (excluding diaryl/α,β-unsaturated/α-hetero) is 1. The quantitative estimate of drug-likeness (QED) is 0.807. The predicted molar refractivity (Wildman–Crippen MR) is 107 cm³/mol. The summed E-state index contributed by atoms with van der Waals surface area (Å²) < 4.78 is 45.6. The molecule has 0 amide bonds. The number of hydrogen-bond donors (Lipinski definition) is 1. The van der Waals surface area contributed by atoms with Crippen LogP contribution in [0.1, 0.15) is 24.1 Å². The van der Waals surface area contributed by atoms with E-state index in [0.29, 0.717) is 11.3 Å². The van der Waals surface area contributed by atoms with E-state index in [0.717, 1.165) is 37.9 Å². The van der Waals surface area contributed by atoms with Gasteiger partial charge in [0.05, 0.1) is 24.1 Å². The molecule has 1 aliphatic carbocycles. The molecule has 30 heavy (non-hydrogen) atoms. The lowest BCUT2D eigenvalue weighted by Crippen LogP contribution is -2.43. The number of methoxy groups -OCH3 is 1. The van der Waals surface area contributed by atoms with Crippen molar-refractivity contribution in [1.82, 2.24) is 15.2 Å². The number of piperazine rings is 1. The number of halogens is 3. The Kier molecular flexibility index (Phi) is 6.97. The summed E-state index contributed by atoms with van der Waals surface area (Å²) in [6.45, 7) is 7.33. The van der Waals surface area contributed by atoms with Gasteiger partial charge in [-0.25, -0.2) is 0 Å². The van der Waals surface area contributed by atoms with Gasteiger partial charge in [-0.2, -0.15) is 13.2 Å². The van der Waals surface area contributed by atoms with E-state index < -0.39 is 17.7 Å². The molecule has 0 spiro atoms. The molecule has 3 rings (SSSR count). The first-order valence-electron chi connectivity index (χ1n) is 9.93. The summed E-state index contributed by atoms with van der Waals surface area (Å²) in [6.07, 6.45) is 0.678. The second-order valence-electron chi connectivity index (χ2n) is 7.47. The first kappa shape index (κ1) is 22.1. The Bertz CT molecular complexity index is 855. The maximum absolute atomic E-state index is 13.4. The number of nitrogens with one attached hydrogen (secondary N) is 1. The Labute approximate surface area is 174 Å². The zero-order valence-electron chi connectivity index (χ0n) is 17.0. The molecule has 1 aromatic rings. The number of pyridine rings is 1. The molecule has 1 fully saturated rings. The molecule has 1 atom stereocenters. The fourth-order valence-corrected chi connectivity index (χ4v) is 3.84. The molecule has 0 aromatic carbocycles. The van der Waals surface area contributed by atoms with E-state index in [9.17, 15) is 18.0 Å². The minimum Gasteiger partial charge on any atom is -0.495 e. The third-order valence-corrected chi connectivity index (χ3v) is 5.36. The fraction of sp³-hybridized carbons (Fsp3) is 0.455. The molecule has 5 nitrogen and oxygen atoms in total. The number of alkyl halides is 3. The number of carbonyl (C=O) groups excluding carboxylic acids is 1. The highest BCUT2D eigenvalue weighted by Crippen LogP contribution is 2.33. The first-order chi connectivity index (χ1) is 14.3. The van der Waals surface area contributed by atoms with Crippen LogP contribution in [0.5, 0.6) is 0 Å². The van der Waals surface area contributed by atoms with Gasteiger partial charge >= 0.3 is 6.18 Å². The number of aromatic nitrogens is 1. The normalized spacial score (nSPS) is 24.8. The molecule has 1 unspecified atom stereocenters. The maximum atomic E-state index is 13.4. The fourth-order valence-electron chi connectivity index (χ4n) is 3.84. The molecule has 1 aromatic heterocycles. The molecule has 0 radical (unpaired) electrons. The summed E-state index contributed by atoms with van der Waals surface area (Å²) in [5.74, 6) is -0.207. The zero-order valence-corrected chi connectivity index (χ0v) is 17.0. The maximum Gasteiger partial charge on any atom is 0.418 e. The Balaban J connectivity index is 1.89. The van der Waals surface area contributed by atoms with Crippen LogP contribution in [-0.2, 0) is 22.1 Å². The number of ether oxygens (including phenoxy) is 1. The molecule has 162 valence electrons. The van der Waals surface area contributed by atoms with Crippen molar-refractivity contribution in [3.8, 4) is 0 Å². The Morgan fingerprint density at radius 2 is 2.07 bits per heavy atom. The van der Waals surface area contributed by atoms with Gasteiger partial charge in [0.15, 0.2) is 0 Å². The van der Waals surface area contributed by atoms with Crippen LogP contribution in [-0.4, -0.2) is 49.0 Å². The van der Waals surface area contributed by atoms with Gasteiger partial charge in [-0.15, -0.1) is 0 Å². The molecule has 8 heteroatoms. The van der Waals surface area contributed by atoms with Gasteiger partial charge in [-0.1, -0.05) is 12.2 Å². The number of hydrogen-bond acceptors (Lipinski definition) is 5. The Morgan fingerprint density at radius 3 is 2.73 bits per heavy atom. The van der Waals surface area contributed by atoms with Crippen molar-refractivity contribution in [3.05, 3.63) is 65.3 Å². The molecule has 0 bridgehead atoms. The summed E-state index contributed by atoms with van der Waals surface area (Å²) in [5.41, 5.74) is 0.619. The first-order valence-corrected chi connectivity index (χ1v) is 9.93. The zero-order chi connectivity index (χ0) is 21.7. The van der Waals surface area contributed by atoms with Crippen molar-refractivity contribution < 1.29 is 22.7 Å². The Morgan fingerprint density at radius 1 is 1.33 bits per heavy atom. The van der Waals surface area contributed by atoms with Gasteiger partial charge in [0, 0.05) is 51.1 Å². The van der Waals surface area contributed by atoms with Crippen LogP contribution in [0.15, 0.2) is 54.1 Å². The van der Waals surface area contributed by atoms with Crippen LogP contribution in [0.25, 0.3) is 0 Å². The highest BCUT2D eigenvalue weighted by Gasteiger charge is 2.35. The summed E-state index contributed by atoms with van der Waals surface area (Å²) in [4.78, 5) is 19.0. The van der Waals surface area contributed by atoms with Crippen molar-refractivity contribution in [2.45, 2.75) is 25.4 Å². The van der Waals surface area contributed by atoms with Gasteiger partial charge < -0.3 is 15.0 Å². The lowest BCUT2D eigenvalue weighted by Gasteiger charge is -2.32. The average molecular weight is 421 g/mol. The summed E-state index contributed by atoms with van der Waals surface area (Å²) in [7, 11) is 1.55. The van der Waals surface area contributed by atoms with Gasteiger partial charge in [-0.3, -0.25) is 9.78 Å². The van der Waals surface area contributed by atoms with Crippen LogP contribution in [0.2, 0.25) is 0 Å². The standard InChI is InChI=1S/C22H26F3N3O2/c1-15-12-16(14-18-17(22(23,24)25)4-3-7-27-18)20(29)5-6-21(30-2)19(13-15)28-10-8-26-9-11-28/h3-4,6-7,13,16,26H,1,5,8-12,14H2,2H3/b19-13+,21-6+. The van der Waals surface area contributed by atoms with Gasteiger partial charge in [0.2, 0.25) is 0 Å². The minimum absolute atomic E-state index is 0.0821. The van der Waals surface area contributed by atoms with Crippen LogP contribution < -0.4 is 5.32 Å². The third-order valence-electron chi connectivity index (χ3n) is 5.36. The van der Waals surface area contributed by atoms with Gasteiger partial charge in [0.25, 0.3) is 0 Å². The summed E-state index contributed by atoms with van der Waals surface area (Å²) in [5, 5.41) is 3.29. The SMILES string of the molecule is C=C1/C=C(N2CCNCC2)\C(OC)=C/CC(=O)C(Cc2ncccc2C(F)(F)F)C1. The van der Waals surface area contributed by atoms with Crippen LogP contribution in [0, 0.1) is 5.92 Å². The van der Waals surface area contributed by atoms with Crippen LogP contribution in [0.3, 0.4) is 0 Å². The Hall–Kier alpha value is -2.61.